The van der Waals surface area contributed by atoms with Crippen molar-refractivity contribution in [2.24, 2.45) is 0 Å². The van der Waals surface area contributed by atoms with Crippen molar-refractivity contribution >= 4 is 39.0 Å². The number of thiazole rings is 1. The normalized spacial score (nSPS) is 10.3. The first-order chi connectivity index (χ1) is 11.2. The van der Waals surface area contributed by atoms with Gasteiger partial charge < -0.3 is 10.6 Å². The molecule has 118 valence electrons. The van der Waals surface area contributed by atoms with Gasteiger partial charge in [-0.05, 0) is 0 Å². The maximum atomic E-state index is 11.9. The van der Waals surface area contributed by atoms with E-state index in [-0.39, 0.29) is 6.03 Å². The van der Waals surface area contributed by atoms with Crippen molar-refractivity contribution < 1.29 is 4.79 Å². The highest BCUT2D eigenvalue weighted by atomic mass is 32.1. The van der Waals surface area contributed by atoms with Crippen LogP contribution in [0.25, 0.3) is 10.6 Å². The number of hydrogen-bond donors (Lipinski definition) is 3. The van der Waals surface area contributed by atoms with E-state index in [0.717, 1.165) is 21.4 Å². The van der Waals surface area contributed by atoms with Crippen molar-refractivity contribution in [3.63, 3.8) is 0 Å². The van der Waals surface area contributed by atoms with E-state index in [2.05, 4.69) is 31.1 Å². The molecule has 2 aromatic heterocycles. The third-order valence-corrected chi connectivity index (χ3v) is 4.66. The average molecular weight is 346 g/mol. The highest BCUT2D eigenvalue weighted by Gasteiger charge is 2.09. The maximum absolute atomic E-state index is 11.9. The van der Waals surface area contributed by atoms with Gasteiger partial charge in [-0.2, -0.15) is 0 Å². The number of carbonyl (C=O) groups is 1. The van der Waals surface area contributed by atoms with Crippen LogP contribution in [-0.4, -0.2) is 28.3 Å². The Kier molecular flexibility index (Phi) is 4.79. The van der Waals surface area contributed by atoms with Crippen molar-refractivity contribution in [2.75, 3.05) is 17.7 Å². The lowest BCUT2D eigenvalue weighted by Gasteiger charge is -2.02. The van der Waals surface area contributed by atoms with Gasteiger partial charge in [-0.25, -0.2) is 9.78 Å². The molecule has 9 heteroatoms. The van der Waals surface area contributed by atoms with E-state index in [1.165, 1.54) is 22.7 Å². The summed E-state index contributed by atoms with van der Waals surface area (Å²) < 4.78 is 0. The molecule has 23 heavy (non-hydrogen) atoms. The number of urea groups is 1. The Morgan fingerprint density at radius 1 is 1.17 bits per heavy atom. The van der Waals surface area contributed by atoms with Crippen molar-refractivity contribution in [1.29, 1.82) is 0 Å². The molecule has 1 aromatic carbocycles. The van der Waals surface area contributed by atoms with Crippen LogP contribution in [0.1, 0.15) is 5.69 Å². The minimum Gasteiger partial charge on any atom is -0.365 e. The van der Waals surface area contributed by atoms with E-state index >= 15 is 0 Å². The maximum Gasteiger partial charge on any atom is 0.321 e. The molecule has 7 nitrogen and oxygen atoms in total. The third-order valence-electron chi connectivity index (χ3n) is 2.86. The molecule has 0 unspecified atom stereocenters. The first-order valence-corrected chi connectivity index (χ1v) is 8.50. The topological polar surface area (TPSA) is 91.8 Å². The van der Waals surface area contributed by atoms with Crippen molar-refractivity contribution in [3.05, 3.63) is 41.4 Å². The van der Waals surface area contributed by atoms with Crippen LogP contribution in [0.15, 0.2) is 35.7 Å². The van der Waals surface area contributed by atoms with Gasteiger partial charge in [-0.3, -0.25) is 5.32 Å². The van der Waals surface area contributed by atoms with Gasteiger partial charge in [0.05, 0.1) is 12.2 Å². The summed E-state index contributed by atoms with van der Waals surface area (Å²) in [6.45, 7) is 0.356. The van der Waals surface area contributed by atoms with Crippen LogP contribution >= 0.6 is 22.7 Å². The van der Waals surface area contributed by atoms with E-state index in [9.17, 15) is 4.79 Å². The molecule has 0 atom stereocenters. The van der Waals surface area contributed by atoms with Gasteiger partial charge >= 0.3 is 6.03 Å². The number of aromatic nitrogens is 3. The fraction of sp³-hybridized carbons (Fsp3) is 0.143. The minimum absolute atomic E-state index is 0.334. The van der Waals surface area contributed by atoms with Crippen LogP contribution in [0.2, 0.25) is 0 Å². The van der Waals surface area contributed by atoms with Gasteiger partial charge in [0, 0.05) is 18.0 Å². The first-order valence-electron chi connectivity index (χ1n) is 6.80. The second-order valence-electron chi connectivity index (χ2n) is 4.48. The molecule has 0 radical (unpaired) electrons. The van der Waals surface area contributed by atoms with Gasteiger partial charge in [0.2, 0.25) is 5.13 Å². The summed E-state index contributed by atoms with van der Waals surface area (Å²) in [4.78, 5) is 16.2. The molecular weight excluding hydrogens is 332 g/mol. The second kappa shape index (κ2) is 7.16. The Hall–Kier alpha value is -2.52. The molecule has 2 heterocycles. The first kappa shape index (κ1) is 15.4. The van der Waals surface area contributed by atoms with Crippen molar-refractivity contribution in [2.45, 2.75) is 6.54 Å². The number of nitrogens with zero attached hydrogens (tertiary/aromatic N) is 3. The molecule has 0 saturated heterocycles. The third kappa shape index (κ3) is 4.02. The highest BCUT2D eigenvalue weighted by Crippen LogP contribution is 2.25. The zero-order valence-corrected chi connectivity index (χ0v) is 13.9. The molecule has 0 aliphatic carbocycles. The van der Waals surface area contributed by atoms with Crippen LogP contribution in [-0.2, 0) is 6.54 Å². The predicted molar refractivity (Wildman–Crippen MR) is 92.9 cm³/mol. The molecule has 3 aromatic rings. The minimum atomic E-state index is -0.334. The lowest BCUT2D eigenvalue weighted by atomic mass is 10.2. The summed E-state index contributed by atoms with van der Waals surface area (Å²) in [6, 6.07) is 9.38. The Morgan fingerprint density at radius 3 is 2.74 bits per heavy atom. The van der Waals surface area contributed by atoms with Gasteiger partial charge in [0.1, 0.15) is 5.01 Å². The molecule has 0 aliphatic rings. The Bertz CT molecular complexity index is 785. The molecule has 3 rings (SSSR count). The smallest absolute Gasteiger partial charge is 0.321 e. The summed E-state index contributed by atoms with van der Waals surface area (Å²) >= 11 is 2.82. The zero-order chi connectivity index (χ0) is 16.1. The van der Waals surface area contributed by atoms with Gasteiger partial charge in [0.15, 0.2) is 5.13 Å². The monoisotopic (exact) mass is 346 g/mol. The molecule has 0 fully saturated rings. The van der Waals surface area contributed by atoms with Gasteiger partial charge in [-0.1, -0.05) is 41.7 Å². The average Bonchev–Trinajstić information content (AvgIpc) is 3.23. The van der Waals surface area contributed by atoms with E-state index in [0.29, 0.717) is 11.7 Å². The molecule has 0 bridgehead atoms. The van der Waals surface area contributed by atoms with Crippen LogP contribution in [0.3, 0.4) is 0 Å². The number of benzene rings is 1. The number of nitrogens with one attached hydrogen (secondary N) is 3. The molecule has 3 N–H and O–H groups in total. The van der Waals surface area contributed by atoms with Crippen LogP contribution in [0.5, 0.6) is 0 Å². The summed E-state index contributed by atoms with van der Waals surface area (Å²) in [5.74, 6) is 0. The number of carbonyl (C=O) groups excluding carboxylic acids is 1. The fourth-order valence-corrected chi connectivity index (χ4v) is 3.20. The van der Waals surface area contributed by atoms with E-state index in [4.69, 9.17) is 0 Å². The summed E-state index contributed by atoms with van der Waals surface area (Å²) in [5, 5.41) is 20.4. The zero-order valence-electron chi connectivity index (χ0n) is 12.2. The van der Waals surface area contributed by atoms with Crippen LogP contribution in [0, 0.1) is 0 Å². The molecular formula is C14H14N6OS2. The number of anilines is 2. The number of amides is 2. The van der Waals surface area contributed by atoms with Crippen LogP contribution < -0.4 is 16.0 Å². The summed E-state index contributed by atoms with van der Waals surface area (Å²) in [6.07, 6.45) is 0. The van der Waals surface area contributed by atoms with Crippen LogP contribution in [0.4, 0.5) is 15.1 Å². The number of hydrogen-bond acceptors (Lipinski definition) is 7. The largest absolute Gasteiger partial charge is 0.365 e. The molecule has 0 spiro atoms. The molecule has 0 aliphatic heterocycles. The Labute approximate surface area is 140 Å². The summed E-state index contributed by atoms with van der Waals surface area (Å²) in [5.41, 5.74) is 1.78. The standard InChI is InChI=1S/C14H14N6OS2/c1-15-13-17-10(8-22-13)7-16-12(21)18-14-20-19-11(23-14)9-5-3-2-4-6-9/h2-6,8H,7H2,1H3,(H,15,17)(H2,16,18,20,21). The number of rotatable bonds is 5. The Morgan fingerprint density at radius 2 is 2.00 bits per heavy atom. The Balaban J connectivity index is 1.55. The van der Waals surface area contributed by atoms with E-state index < -0.39 is 0 Å². The summed E-state index contributed by atoms with van der Waals surface area (Å²) in [7, 11) is 1.81. The van der Waals surface area contributed by atoms with Crippen molar-refractivity contribution in [3.8, 4) is 10.6 Å². The van der Waals surface area contributed by atoms with Crippen molar-refractivity contribution in [1.82, 2.24) is 20.5 Å². The predicted octanol–water partition coefficient (Wildman–Crippen LogP) is 3.03. The van der Waals surface area contributed by atoms with E-state index in [1.54, 1.807) is 0 Å². The lowest BCUT2D eigenvalue weighted by Crippen LogP contribution is -2.28. The fourth-order valence-electron chi connectivity index (χ4n) is 1.79. The van der Waals surface area contributed by atoms with Gasteiger partial charge in [0.25, 0.3) is 0 Å². The highest BCUT2D eigenvalue weighted by molar-refractivity contribution is 7.18. The second-order valence-corrected chi connectivity index (χ2v) is 6.32. The SMILES string of the molecule is CNc1nc(CNC(=O)Nc2nnc(-c3ccccc3)s2)cs1. The van der Waals surface area contributed by atoms with Gasteiger partial charge in [-0.15, -0.1) is 21.5 Å². The van der Waals surface area contributed by atoms with E-state index in [1.807, 2.05) is 42.8 Å². The molecule has 0 saturated carbocycles. The lowest BCUT2D eigenvalue weighted by molar-refractivity contribution is 0.251. The molecule has 2 amide bonds. The quantitative estimate of drug-likeness (QED) is 0.660.